The molecule has 0 saturated heterocycles. The van der Waals surface area contributed by atoms with Gasteiger partial charge in [-0.25, -0.2) is 8.78 Å². The van der Waals surface area contributed by atoms with Crippen LogP contribution in [0, 0.1) is 11.6 Å². The summed E-state index contributed by atoms with van der Waals surface area (Å²) in [5.41, 5.74) is 5.86. The van der Waals surface area contributed by atoms with Crippen LogP contribution in [0.15, 0.2) is 12.1 Å². The second-order valence-electron chi connectivity index (χ2n) is 3.32. The van der Waals surface area contributed by atoms with E-state index in [1.165, 1.54) is 6.07 Å². The van der Waals surface area contributed by atoms with Gasteiger partial charge >= 0.3 is 0 Å². The fourth-order valence-electron chi connectivity index (χ4n) is 1.21. The molecule has 0 aliphatic heterocycles. The van der Waals surface area contributed by atoms with Crippen LogP contribution in [-0.2, 0) is 6.42 Å². The zero-order chi connectivity index (χ0) is 10.7. The maximum atomic E-state index is 13.2. The van der Waals surface area contributed by atoms with E-state index in [0.717, 1.165) is 6.07 Å². The lowest BCUT2D eigenvalue weighted by Crippen LogP contribution is -2.06. The average Bonchev–Trinajstić information content (AvgIpc) is 2.11. The summed E-state index contributed by atoms with van der Waals surface area (Å²) in [5, 5.41) is 9.01. The Morgan fingerprint density at radius 1 is 1.43 bits per heavy atom. The molecule has 0 aliphatic carbocycles. The Morgan fingerprint density at radius 3 is 2.64 bits per heavy atom. The van der Waals surface area contributed by atoms with Gasteiger partial charge < -0.3 is 10.8 Å². The fourth-order valence-corrected chi connectivity index (χ4v) is 1.21. The standard InChI is InChI=1S/C10H13F2NO/c1-6(14)2-3-7-9(13)5-4-8(11)10(7)12/h4-6,14H,2-3,13H2,1H3/t6-/m1/s1. The quantitative estimate of drug-likeness (QED) is 0.733. The Balaban J connectivity index is 2.89. The average molecular weight is 201 g/mol. The van der Waals surface area contributed by atoms with Crippen molar-refractivity contribution in [1.82, 2.24) is 0 Å². The predicted octanol–water partition coefficient (Wildman–Crippen LogP) is 1.86. The van der Waals surface area contributed by atoms with E-state index in [0.29, 0.717) is 6.42 Å². The summed E-state index contributed by atoms with van der Waals surface area (Å²) >= 11 is 0. The second-order valence-corrected chi connectivity index (χ2v) is 3.32. The lowest BCUT2D eigenvalue weighted by Gasteiger charge is -2.08. The minimum absolute atomic E-state index is 0.144. The topological polar surface area (TPSA) is 46.2 Å². The highest BCUT2D eigenvalue weighted by Crippen LogP contribution is 2.20. The van der Waals surface area contributed by atoms with Gasteiger partial charge in [-0.05, 0) is 31.9 Å². The normalized spacial score (nSPS) is 12.9. The molecule has 0 amide bonds. The summed E-state index contributed by atoms with van der Waals surface area (Å²) in [4.78, 5) is 0. The van der Waals surface area contributed by atoms with Crippen molar-refractivity contribution in [3.63, 3.8) is 0 Å². The Kier molecular flexibility index (Phi) is 3.41. The number of hydrogen-bond acceptors (Lipinski definition) is 2. The van der Waals surface area contributed by atoms with Gasteiger partial charge in [-0.3, -0.25) is 0 Å². The van der Waals surface area contributed by atoms with Crippen molar-refractivity contribution in [2.75, 3.05) is 5.73 Å². The van der Waals surface area contributed by atoms with Gasteiger partial charge in [0.05, 0.1) is 6.10 Å². The van der Waals surface area contributed by atoms with E-state index in [1.54, 1.807) is 6.92 Å². The van der Waals surface area contributed by atoms with Crippen LogP contribution in [0.4, 0.5) is 14.5 Å². The van der Waals surface area contributed by atoms with Crippen LogP contribution < -0.4 is 5.73 Å². The number of benzene rings is 1. The molecule has 3 N–H and O–H groups in total. The molecule has 0 radical (unpaired) electrons. The van der Waals surface area contributed by atoms with E-state index in [-0.39, 0.29) is 17.7 Å². The molecule has 1 atom stereocenters. The molecule has 0 fully saturated rings. The van der Waals surface area contributed by atoms with E-state index in [1.807, 2.05) is 0 Å². The molecular formula is C10H13F2NO. The molecule has 1 rings (SSSR count). The van der Waals surface area contributed by atoms with Gasteiger partial charge in [0.15, 0.2) is 11.6 Å². The van der Waals surface area contributed by atoms with Gasteiger partial charge in [-0.1, -0.05) is 0 Å². The first-order valence-corrected chi connectivity index (χ1v) is 4.42. The molecule has 4 heteroatoms. The van der Waals surface area contributed by atoms with E-state index in [4.69, 9.17) is 10.8 Å². The molecule has 1 aromatic carbocycles. The van der Waals surface area contributed by atoms with Gasteiger partial charge in [-0.15, -0.1) is 0 Å². The number of nitrogen functional groups attached to an aromatic ring is 1. The van der Waals surface area contributed by atoms with Crippen LogP contribution in [0.25, 0.3) is 0 Å². The van der Waals surface area contributed by atoms with E-state index < -0.39 is 17.7 Å². The Morgan fingerprint density at radius 2 is 2.07 bits per heavy atom. The Labute approximate surface area is 81.4 Å². The van der Waals surface area contributed by atoms with Gasteiger partial charge in [0.1, 0.15) is 0 Å². The molecule has 0 heterocycles. The van der Waals surface area contributed by atoms with Crippen molar-refractivity contribution >= 4 is 5.69 Å². The summed E-state index contributed by atoms with van der Waals surface area (Å²) in [6, 6.07) is 2.33. The Hall–Kier alpha value is -1.16. The zero-order valence-electron chi connectivity index (χ0n) is 7.93. The molecule has 0 saturated carbocycles. The first-order chi connectivity index (χ1) is 6.52. The smallest absolute Gasteiger partial charge is 0.164 e. The molecule has 0 aromatic heterocycles. The molecule has 0 aliphatic rings. The van der Waals surface area contributed by atoms with E-state index >= 15 is 0 Å². The maximum absolute atomic E-state index is 13.2. The van der Waals surface area contributed by atoms with Gasteiger partial charge in [-0.2, -0.15) is 0 Å². The highest BCUT2D eigenvalue weighted by molar-refractivity contribution is 5.47. The maximum Gasteiger partial charge on any atom is 0.164 e. The van der Waals surface area contributed by atoms with Crippen LogP contribution in [0.1, 0.15) is 18.9 Å². The first-order valence-electron chi connectivity index (χ1n) is 4.42. The number of halogens is 2. The van der Waals surface area contributed by atoms with E-state index in [2.05, 4.69) is 0 Å². The van der Waals surface area contributed by atoms with E-state index in [9.17, 15) is 8.78 Å². The Bertz CT molecular complexity index is 326. The van der Waals surface area contributed by atoms with Crippen molar-refractivity contribution in [3.05, 3.63) is 29.3 Å². The molecule has 1 aromatic rings. The summed E-state index contributed by atoms with van der Waals surface area (Å²) in [5.74, 6) is -1.81. The molecule has 0 spiro atoms. The number of anilines is 1. The first kappa shape index (κ1) is 10.9. The number of hydrogen-bond donors (Lipinski definition) is 2. The SMILES string of the molecule is C[C@@H](O)CCc1c(N)ccc(F)c1F. The number of aliphatic hydroxyl groups excluding tert-OH is 1. The highest BCUT2D eigenvalue weighted by Gasteiger charge is 2.12. The second kappa shape index (κ2) is 4.37. The molecule has 0 bridgehead atoms. The predicted molar refractivity (Wildman–Crippen MR) is 50.8 cm³/mol. The third-order valence-electron chi connectivity index (χ3n) is 2.04. The molecule has 2 nitrogen and oxygen atoms in total. The monoisotopic (exact) mass is 201 g/mol. The third kappa shape index (κ3) is 2.42. The van der Waals surface area contributed by atoms with Crippen molar-refractivity contribution < 1.29 is 13.9 Å². The van der Waals surface area contributed by atoms with Gasteiger partial charge in [0, 0.05) is 11.3 Å². The largest absolute Gasteiger partial charge is 0.398 e. The lowest BCUT2D eigenvalue weighted by atomic mass is 10.0. The number of rotatable bonds is 3. The highest BCUT2D eigenvalue weighted by atomic mass is 19.2. The van der Waals surface area contributed by atoms with Crippen molar-refractivity contribution in [2.24, 2.45) is 0 Å². The van der Waals surface area contributed by atoms with Gasteiger partial charge in [0.25, 0.3) is 0 Å². The fraction of sp³-hybridized carbons (Fsp3) is 0.400. The molecule has 0 unspecified atom stereocenters. The summed E-state index contributed by atoms with van der Waals surface area (Å²) < 4.78 is 26.0. The van der Waals surface area contributed by atoms with Crippen LogP contribution in [0.2, 0.25) is 0 Å². The van der Waals surface area contributed by atoms with Crippen LogP contribution in [0.3, 0.4) is 0 Å². The van der Waals surface area contributed by atoms with Gasteiger partial charge in [0.2, 0.25) is 0 Å². The molecular weight excluding hydrogens is 188 g/mol. The minimum atomic E-state index is -0.911. The summed E-state index contributed by atoms with van der Waals surface area (Å²) in [7, 11) is 0. The number of nitrogens with two attached hydrogens (primary N) is 1. The van der Waals surface area contributed by atoms with Crippen LogP contribution in [-0.4, -0.2) is 11.2 Å². The molecule has 14 heavy (non-hydrogen) atoms. The third-order valence-corrected chi connectivity index (χ3v) is 2.04. The molecule has 78 valence electrons. The summed E-state index contributed by atoms with van der Waals surface area (Å²) in [6.45, 7) is 1.59. The number of aliphatic hydroxyl groups is 1. The van der Waals surface area contributed by atoms with Crippen LogP contribution in [0.5, 0.6) is 0 Å². The summed E-state index contributed by atoms with van der Waals surface area (Å²) in [6.07, 6.45) is 0.0644. The van der Waals surface area contributed by atoms with Crippen molar-refractivity contribution in [3.8, 4) is 0 Å². The zero-order valence-corrected chi connectivity index (χ0v) is 7.93. The lowest BCUT2D eigenvalue weighted by molar-refractivity contribution is 0.184. The van der Waals surface area contributed by atoms with Crippen molar-refractivity contribution in [1.29, 1.82) is 0 Å². The van der Waals surface area contributed by atoms with Crippen molar-refractivity contribution in [2.45, 2.75) is 25.9 Å². The van der Waals surface area contributed by atoms with Crippen LogP contribution >= 0.6 is 0 Å². The minimum Gasteiger partial charge on any atom is -0.398 e.